The van der Waals surface area contributed by atoms with E-state index in [0.717, 1.165) is 12.8 Å². The van der Waals surface area contributed by atoms with Gasteiger partial charge in [-0.25, -0.2) is 0 Å². The molecule has 0 bridgehead atoms. The molecule has 0 aliphatic carbocycles. The van der Waals surface area contributed by atoms with Crippen molar-refractivity contribution in [1.82, 2.24) is 4.90 Å². The molecule has 2 aliphatic heterocycles. The van der Waals surface area contributed by atoms with Crippen molar-refractivity contribution < 1.29 is 19.4 Å². The Labute approximate surface area is 122 Å². The molecule has 4 atom stereocenters. The topological polar surface area (TPSA) is 70.0 Å². The van der Waals surface area contributed by atoms with Gasteiger partial charge >= 0.3 is 0 Å². The number of aliphatic hydroxyl groups excluding tert-OH is 2. The minimum atomic E-state index is -2.05. The SMILES string of the molecule is CC(C)(C)[Si](C)(C)O[C@@H]1[C@H](O)[C@H](O)C(=O)N2CCC[C@@H]12. The van der Waals surface area contributed by atoms with Gasteiger partial charge in [-0.1, -0.05) is 20.8 Å². The number of rotatable bonds is 2. The van der Waals surface area contributed by atoms with Crippen LogP contribution >= 0.6 is 0 Å². The number of hydrogen-bond donors (Lipinski definition) is 2. The molecule has 2 aliphatic rings. The van der Waals surface area contributed by atoms with Gasteiger partial charge in [-0.2, -0.15) is 0 Å². The standard InChI is InChI=1S/C14H27NO4Si/c1-14(2,3)20(4,5)19-12-9-7-6-8-15(9)13(18)11(17)10(12)16/h9-12,16-17H,6-8H2,1-5H3/t9-,10+,11-,12-/m0/s1. The first-order chi connectivity index (χ1) is 9.06. The van der Waals surface area contributed by atoms with Gasteiger partial charge in [-0.3, -0.25) is 4.79 Å². The number of fused-ring (bicyclic) bond motifs is 1. The summed E-state index contributed by atoms with van der Waals surface area (Å²) in [7, 11) is -2.05. The molecular formula is C14H27NO4Si. The van der Waals surface area contributed by atoms with Crippen LogP contribution in [0.5, 0.6) is 0 Å². The predicted molar refractivity (Wildman–Crippen MR) is 78.8 cm³/mol. The minimum Gasteiger partial charge on any atom is -0.409 e. The number of amides is 1. The quantitative estimate of drug-likeness (QED) is 0.750. The van der Waals surface area contributed by atoms with Crippen LogP contribution in [0.2, 0.25) is 18.1 Å². The third kappa shape index (κ3) is 2.54. The Bertz CT molecular complexity index is 393. The van der Waals surface area contributed by atoms with Gasteiger partial charge in [0.1, 0.15) is 6.10 Å². The maximum Gasteiger partial charge on any atom is 0.254 e. The van der Waals surface area contributed by atoms with E-state index in [1.807, 2.05) is 0 Å². The zero-order valence-electron chi connectivity index (χ0n) is 13.1. The summed E-state index contributed by atoms with van der Waals surface area (Å²) in [6, 6.07) is -0.0879. The van der Waals surface area contributed by atoms with Crippen molar-refractivity contribution in [3.63, 3.8) is 0 Å². The first kappa shape index (κ1) is 15.9. The maximum absolute atomic E-state index is 12.0. The lowest BCUT2D eigenvalue weighted by atomic mass is 9.94. The van der Waals surface area contributed by atoms with Crippen molar-refractivity contribution in [1.29, 1.82) is 0 Å². The van der Waals surface area contributed by atoms with Gasteiger partial charge in [0.25, 0.3) is 5.91 Å². The first-order valence-electron chi connectivity index (χ1n) is 7.41. The summed E-state index contributed by atoms with van der Waals surface area (Å²) in [4.78, 5) is 13.7. The van der Waals surface area contributed by atoms with Gasteiger partial charge in [0.05, 0.1) is 12.1 Å². The van der Waals surface area contributed by atoms with Crippen LogP contribution in [0.1, 0.15) is 33.6 Å². The molecule has 0 aromatic carbocycles. The smallest absolute Gasteiger partial charge is 0.254 e. The summed E-state index contributed by atoms with van der Waals surface area (Å²) in [5, 5.41) is 20.3. The lowest BCUT2D eigenvalue weighted by molar-refractivity contribution is -0.169. The fourth-order valence-electron chi connectivity index (χ4n) is 2.80. The minimum absolute atomic E-state index is 0.0303. The van der Waals surface area contributed by atoms with Gasteiger partial charge in [-0.15, -0.1) is 0 Å². The molecule has 6 heteroatoms. The Balaban J connectivity index is 2.23. The Kier molecular flexibility index (Phi) is 4.05. The molecule has 2 fully saturated rings. The molecule has 1 amide bonds. The molecule has 2 N–H and O–H groups in total. The van der Waals surface area contributed by atoms with E-state index >= 15 is 0 Å². The predicted octanol–water partition coefficient (Wildman–Crippen LogP) is 1.10. The molecule has 2 rings (SSSR count). The molecule has 0 aromatic heterocycles. The van der Waals surface area contributed by atoms with E-state index in [1.165, 1.54) is 0 Å². The molecule has 20 heavy (non-hydrogen) atoms. The molecule has 0 unspecified atom stereocenters. The van der Waals surface area contributed by atoms with Crippen LogP contribution in [-0.4, -0.2) is 60.2 Å². The molecule has 5 nitrogen and oxygen atoms in total. The lowest BCUT2D eigenvalue weighted by Gasteiger charge is -2.47. The second-order valence-corrected chi connectivity index (χ2v) is 12.3. The van der Waals surface area contributed by atoms with Gasteiger partial charge in [-0.05, 0) is 31.0 Å². The van der Waals surface area contributed by atoms with E-state index in [9.17, 15) is 15.0 Å². The average molecular weight is 301 g/mol. The van der Waals surface area contributed by atoms with E-state index < -0.39 is 26.6 Å². The lowest BCUT2D eigenvalue weighted by Crippen LogP contribution is -2.65. The summed E-state index contributed by atoms with van der Waals surface area (Å²) in [5.41, 5.74) is 0. The van der Waals surface area contributed by atoms with Crippen LogP contribution in [0.3, 0.4) is 0 Å². The Morgan fingerprint density at radius 2 is 1.90 bits per heavy atom. The summed E-state index contributed by atoms with van der Waals surface area (Å²) < 4.78 is 6.32. The van der Waals surface area contributed by atoms with Crippen LogP contribution in [0.15, 0.2) is 0 Å². The zero-order valence-corrected chi connectivity index (χ0v) is 14.1. The summed E-state index contributed by atoms with van der Waals surface area (Å²) in [5.74, 6) is -0.352. The third-order valence-corrected chi connectivity index (χ3v) is 9.59. The fraction of sp³-hybridized carbons (Fsp3) is 0.929. The van der Waals surface area contributed by atoms with Crippen molar-refractivity contribution in [2.75, 3.05) is 6.54 Å². The molecule has 2 heterocycles. The molecule has 2 saturated heterocycles. The molecule has 0 spiro atoms. The second kappa shape index (κ2) is 5.09. The maximum atomic E-state index is 12.0. The Hall–Kier alpha value is -0.433. The van der Waals surface area contributed by atoms with E-state index in [2.05, 4.69) is 33.9 Å². The van der Waals surface area contributed by atoms with Gasteiger partial charge in [0.15, 0.2) is 14.4 Å². The number of hydrogen-bond acceptors (Lipinski definition) is 4. The Morgan fingerprint density at radius 1 is 1.30 bits per heavy atom. The van der Waals surface area contributed by atoms with Crippen molar-refractivity contribution in [3.05, 3.63) is 0 Å². The molecule has 0 radical (unpaired) electrons. The van der Waals surface area contributed by atoms with Gasteiger partial charge in [0, 0.05) is 6.54 Å². The average Bonchev–Trinajstić information content (AvgIpc) is 2.79. The number of nitrogens with zero attached hydrogens (tertiary/aromatic N) is 1. The number of carbonyl (C=O) groups excluding carboxylic acids is 1. The van der Waals surface area contributed by atoms with Crippen LogP contribution in [0.4, 0.5) is 0 Å². The van der Waals surface area contributed by atoms with Crippen LogP contribution in [0.25, 0.3) is 0 Å². The van der Waals surface area contributed by atoms with Crippen LogP contribution in [-0.2, 0) is 9.22 Å². The normalized spacial score (nSPS) is 35.4. The molecule has 0 saturated carbocycles. The number of aliphatic hydroxyl groups is 2. The first-order valence-corrected chi connectivity index (χ1v) is 10.3. The van der Waals surface area contributed by atoms with E-state index in [0.29, 0.717) is 6.54 Å². The highest BCUT2D eigenvalue weighted by Crippen LogP contribution is 2.40. The summed E-state index contributed by atoms with van der Waals surface area (Å²) >= 11 is 0. The highest BCUT2D eigenvalue weighted by molar-refractivity contribution is 6.74. The fourth-order valence-corrected chi connectivity index (χ4v) is 4.13. The van der Waals surface area contributed by atoms with E-state index in [-0.39, 0.29) is 17.0 Å². The molecule has 116 valence electrons. The van der Waals surface area contributed by atoms with Crippen molar-refractivity contribution in [3.8, 4) is 0 Å². The Morgan fingerprint density at radius 3 is 2.45 bits per heavy atom. The molecular weight excluding hydrogens is 274 g/mol. The summed E-state index contributed by atoms with van der Waals surface area (Å²) in [6.07, 6.45) is -1.18. The van der Waals surface area contributed by atoms with Gasteiger partial charge < -0.3 is 19.5 Å². The molecule has 0 aromatic rings. The van der Waals surface area contributed by atoms with Crippen molar-refractivity contribution >= 4 is 14.2 Å². The van der Waals surface area contributed by atoms with Crippen LogP contribution < -0.4 is 0 Å². The monoisotopic (exact) mass is 301 g/mol. The van der Waals surface area contributed by atoms with E-state index in [1.54, 1.807) is 4.90 Å². The largest absolute Gasteiger partial charge is 0.409 e. The van der Waals surface area contributed by atoms with Crippen LogP contribution in [0, 0.1) is 0 Å². The highest BCUT2D eigenvalue weighted by atomic mass is 28.4. The third-order valence-electron chi connectivity index (χ3n) is 5.11. The van der Waals surface area contributed by atoms with Gasteiger partial charge in [0.2, 0.25) is 0 Å². The number of piperidine rings is 1. The highest BCUT2D eigenvalue weighted by Gasteiger charge is 2.52. The zero-order chi connectivity index (χ0) is 15.3. The number of carbonyl (C=O) groups is 1. The summed E-state index contributed by atoms with van der Waals surface area (Å²) in [6.45, 7) is 11.3. The second-order valence-electron chi connectivity index (χ2n) is 7.52. The van der Waals surface area contributed by atoms with Crippen molar-refractivity contribution in [2.45, 2.75) is 76.1 Å². The van der Waals surface area contributed by atoms with E-state index in [4.69, 9.17) is 4.43 Å². The van der Waals surface area contributed by atoms with Crippen molar-refractivity contribution in [2.24, 2.45) is 0 Å².